The van der Waals surface area contributed by atoms with Crippen molar-refractivity contribution in [2.24, 2.45) is 0 Å². The summed E-state index contributed by atoms with van der Waals surface area (Å²) in [5.74, 6) is 0. The second-order valence-corrected chi connectivity index (χ2v) is 24.6. The van der Waals surface area contributed by atoms with E-state index >= 15 is 0 Å². The van der Waals surface area contributed by atoms with Crippen molar-refractivity contribution in [3.8, 4) is 0 Å². The van der Waals surface area contributed by atoms with Crippen LogP contribution in [0.3, 0.4) is 0 Å². The van der Waals surface area contributed by atoms with E-state index in [-0.39, 0.29) is 8.55 Å². The average molecular weight is 363 g/mol. The number of hydrogen-bond acceptors (Lipinski definition) is 0. The van der Waals surface area contributed by atoms with E-state index in [1.54, 1.807) is 16.7 Å². The average Bonchev–Trinajstić information content (AvgIpc) is 2.64. The minimum atomic E-state index is -1.29. The van der Waals surface area contributed by atoms with Gasteiger partial charge in [-0.05, 0) is 27.9 Å². The topological polar surface area (TPSA) is 0 Å². The zero-order valence-electron chi connectivity index (χ0n) is 14.5. The van der Waals surface area contributed by atoms with Gasteiger partial charge >= 0.3 is 0 Å². The second kappa shape index (κ2) is 8.42. The smallest absolute Gasteiger partial charge is 0.0498 e. The molecule has 0 radical (unpaired) electrons. The predicted octanol–water partition coefficient (Wildman–Crippen LogP) is 2.73. The molecular weight excluding hydrogens is 336 g/mol. The molecule has 0 atom stereocenters. The monoisotopic (exact) mass is 362 g/mol. The van der Waals surface area contributed by atoms with Gasteiger partial charge < -0.3 is 0 Å². The Kier molecular flexibility index (Phi) is 6.02. The predicted molar refractivity (Wildman–Crippen MR) is 115 cm³/mol. The molecule has 0 nitrogen and oxygen atoms in total. The van der Waals surface area contributed by atoms with Gasteiger partial charge in [0, 0.05) is 16.1 Å². The van der Waals surface area contributed by atoms with Crippen LogP contribution >= 0.6 is 0 Å². The maximum absolute atomic E-state index is 2.34. The Morgan fingerprint density at radius 2 is 0.833 bits per heavy atom. The van der Waals surface area contributed by atoms with Gasteiger partial charge in [0.1, 0.15) is 0 Å². The van der Waals surface area contributed by atoms with Gasteiger partial charge in [-0.15, -0.1) is 0 Å². The lowest BCUT2D eigenvalue weighted by atomic mass is 10.2. The van der Waals surface area contributed by atoms with Crippen molar-refractivity contribution in [1.82, 2.24) is 0 Å². The molecule has 0 N–H and O–H groups in total. The van der Waals surface area contributed by atoms with Crippen LogP contribution in [0.25, 0.3) is 0 Å². The molecule has 0 aliphatic rings. The summed E-state index contributed by atoms with van der Waals surface area (Å²) in [6.45, 7) is 0. The molecule has 0 fully saturated rings. The van der Waals surface area contributed by atoms with Crippen molar-refractivity contribution >= 4 is 25.9 Å². The summed E-state index contributed by atoms with van der Waals surface area (Å²) in [6, 6.07) is 37.7. The summed E-state index contributed by atoms with van der Waals surface area (Å²) in [7, 11) is 0.205. The first-order valence-corrected chi connectivity index (χ1v) is 19.5. The van der Waals surface area contributed by atoms with Crippen molar-refractivity contribution in [2.75, 3.05) is 0 Å². The van der Waals surface area contributed by atoms with Crippen LogP contribution in [0.5, 0.6) is 0 Å². The first kappa shape index (κ1) is 17.1. The molecule has 3 aromatic rings. The molecule has 3 heteroatoms. The minimum Gasteiger partial charge on any atom is -0.0622 e. The van der Waals surface area contributed by atoms with E-state index in [0.29, 0.717) is 0 Å². The highest BCUT2D eigenvalue weighted by atomic mass is 29.5. The quantitative estimate of drug-likeness (QED) is 0.567. The summed E-state index contributed by atoms with van der Waals surface area (Å²) in [5.41, 5.74) is 4.66. The maximum Gasteiger partial charge on any atom is 0.0498 e. The molecule has 0 bridgehead atoms. The number of benzene rings is 3. The van der Waals surface area contributed by atoms with Crippen LogP contribution in [0, 0.1) is 0 Å². The van der Waals surface area contributed by atoms with Crippen LogP contribution < -0.4 is 0 Å². The van der Waals surface area contributed by atoms with Crippen LogP contribution in [0.4, 0.5) is 0 Å². The van der Waals surface area contributed by atoms with Gasteiger partial charge in [0.05, 0.1) is 0 Å². The summed E-state index contributed by atoms with van der Waals surface area (Å²) < 4.78 is 0. The third-order valence-corrected chi connectivity index (χ3v) is 30.2. The van der Waals surface area contributed by atoms with Crippen molar-refractivity contribution < 1.29 is 0 Å². The van der Waals surface area contributed by atoms with E-state index in [2.05, 4.69) is 91.0 Å². The summed E-state index contributed by atoms with van der Waals surface area (Å²) in [5, 5.41) is 0. The van der Waals surface area contributed by atoms with Crippen molar-refractivity contribution in [2.45, 2.75) is 18.1 Å². The van der Waals surface area contributed by atoms with Gasteiger partial charge in [0.15, 0.2) is 0 Å². The van der Waals surface area contributed by atoms with Gasteiger partial charge in [-0.25, -0.2) is 0 Å². The zero-order chi connectivity index (χ0) is 16.7. The molecule has 0 saturated carbocycles. The minimum absolute atomic E-state index is 0.0675. The molecule has 3 rings (SSSR count). The molecule has 24 heavy (non-hydrogen) atoms. The largest absolute Gasteiger partial charge is 0.0622 e. The van der Waals surface area contributed by atoms with Gasteiger partial charge in [-0.3, -0.25) is 0 Å². The Bertz CT molecular complexity index is 625. The first-order valence-electron chi connectivity index (χ1n) is 8.91. The van der Waals surface area contributed by atoms with E-state index in [1.807, 2.05) is 0 Å². The summed E-state index contributed by atoms with van der Waals surface area (Å²) >= 11 is 0. The molecule has 0 aromatic heterocycles. The van der Waals surface area contributed by atoms with Crippen LogP contribution in [-0.4, -0.2) is 25.9 Å². The Labute approximate surface area is 151 Å². The zero-order valence-corrected chi connectivity index (χ0v) is 18.9. The molecule has 0 heterocycles. The molecule has 0 saturated heterocycles. The molecule has 0 amide bonds. The van der Waals surface area contributed by atoms with Gasteiger partial charge in [0.2, 0.25) is 0 Å². The lowest BCUT2D eigenvalue weighted by Gasteiger charge is -2.31. The van der Waals surface area contributed by atoms with Gasteiger partial charge in [-0.1, -0.05) is 108 Å². The van der Waals surface area contributed by atoms with E-state index in [9.17, 15) is 0 Å². The Hall–Kier alpha value is -1.69. The maximum atomic E-state index is 2.34. The Balaban J connectivity index is 1.91. The highest BCUT2D eigenvalue weighted by molar-refractivity contribution is 7.39. The van der Waals surface area contributed by atoms with Crippen LogP contribution in [0.1, 0.15) is 16.7 Å². The van der Waals surface area contributed by atoms with Crippen molar-refractivity contribution in [1.29, 1.82) is 0 Å². The fourth-order valence-electron chi connectivity index (χ4n) is 3.65. The molecular formula is C21H26Si3. The number of rotatable bonds is 7. The summed E-state index contributed by atoms with van der Waals surface area (Å²) in [6.07, 6.45) is 0. The molecule has 122 valence electrons. The third-order valence-electron chi connectivity index (χ3n) is 5.02. The molecule has 3 aromatic carbocycles. The van der Waals surface area contributed by atoms with E-state index in [4.69, 9.17) is 0 Å². The fraction of sp³-hybridized carbons (Fsp3) is 0.143. The van der Waals surface area contributed by atoms with Crippen LogP contribution in [-0.2, 0) is 18.1 Å². The van der Waals surface area contributed by atoms with E-state index < -0.39 is 7.59 Å². The van der Waals surface area contributed by atoms with Crippen LogP contribution in [0.15, 0.2) is 91.0 Å². The third kappa shape index (κ3) is 4.66. The van der Waals surface area contributed by atoms with Gasteiger partial charge in [-0.2, -0.15) is 0 Å². The SMILES string of the molecule is [SiH3][SiH2][Si](Cc1ccccc1)(Cc1ccccc1)Cc1ccccc1. The second-order valence-electron chi connectivity index (χ2n) is 6.84. The number of hydrogen-bond donors (Lipinski definition) is 0. The summed E-state index contributed by atoms with van der Waals surface area (Å²) in [4.78, 5) is 0. The normalized spacial score (nSPS) is 12.0. The first-order chi connectivity index (χ1) is 11.8. The highest BCUT2D eigenvalue weighted by Crippen LogP contribution is 2.21. The molecule has 0 spiro atoms. The Morgan fingerprint density at radius 3 is 1.08 bits per heavy atom. The van der Waals surface area contributed by atoms with Gasteiger partial charge in [0.25, 0.3) is 0 Å². The highest BCUT2D eigenvalue weighted by Gasteiger charge is 2.31. The molecule has 0 unspecified atom stereocenters. The van der Waals surface area contributed by atoms with E-state index in [0.717, 1.165) is 0 Å². The van der Waals surface area contributed by atoms with Crippen molar-refractivity contribution in [3.05, 3.63) is 108 Å². The van der Waals surface area contributed by atoms with Crippen molar-refractivity contribution in [3.63, 3.8) is 0 Å². The molecule has 0 aliphatic heterocycles. The lowest BCUT2D eigenvalue weighted by molar-refractivity contribution is 1.17. The molecule has 0 aliphatic carbocycles. The van der Waals surface area contributed by atoms with Crippen LogP contribution in [0.2, 0.25) is 0 Å². The fourth-order valence-corrected chi connectivity index (χ4v) is 19.7. The Morgan fingerprint density at radius 1 is 0.542 bits per heavy atom. The van der Waals surface area contributed by atoms with E-state index in [1.165, 1.54) is 27.9 Å². The lowest BCUT2D eigenvalue weighted by Crippen LogP contribution is -2.50. The standard InChI is InChI=1S/C21H26Si3/c22-23-24(16-19-10-4-1-5-11-19,17-20-12-6-2-7-13-20)18-21-14-8-3-9-15-21/h1-15H,16-18,23H2,22H3.